The van der Waals surface area contributed by atoms with Crippen LogP contribution in [0.2, 0.25) is 0 Å². The van der Waals surface area contributed by atoms with Crippen LogP contribution in [0, 0.1) is 0 Å². The van der Waals surface area contributed by atoms with Crippen LogP contribution >= 0.6 is 15.9 Å². The SMILES string of the molecule is OCCOCCNc1cncc(Br)c1. The van der Waals surface area contributed by atoms with Crippen LogP contribution in [0.25, 0.3) is 0 Å². The highest BCUT2D eigenvalue weighted by molar-refractivity contribution is 9.10. The van der Waals surface area contributed by atoms with Gasteiger partial charge in [0.2, 0.25) is 0 Å². The number of nitrogens with zero attached hydrogens (tertiary/aromatic N) is 1. The first-order valence-corrected chi connectivity index (χ1v) is 5.15. The Morgan fingerprint density at radius 3 is 3.00 bits per heavy atom. The van der Waals surface area contributed by atoms with E-state index >= 15 is 0 Å². The van der Waals surface area contributed by atoms with Crippen LogP contribution in [-0.4, -0.2) is 36.5 Å². The fourth-order valence-corrected chi connectivity index (χ4v) is 1.31. The molecule has 0 radical (unpaired) electrons. The number of hydrogen-bond donors (Lipinski definition) is 2. The van der Waals surface area contributed by atoms with Gasteiger partial charge in [-0.05, 0) is 22.0 Å². The van der Waals surface area contributed by atoms with Crippen molar-refractivity contribution in [1.29, 1.82) is 0 Å². The highest BCUT2D eigenvalue weighted by atomic mass is 79.9. The quantitative estimate of drug-likeness (QED) is 0.757. The predicted molar refractivity (Wildman–Crippen MR) is 58.3 cm³/mol. The lowest BCUT2D eigenvalue weighted by Gasteiger charge is -2.06. The fourth-order valence-electron chi connectivity index (χ4n) is 0.943. The van der Waals surface area contributed by atoms with Crippen LogP contribution in [0.1, 0.15) is 0 Å². The van der Waals surface area contributed by atoms with Gasteiger partial charge in [-0.1, -0.05) is 0 Å². The van der Waals surface area contributed by atoms with Gasteiger partial charge in [0, 0.05) is 17.2 Å². The minimum Gasteiger partial charge on any atom is -0.394 e. The van der Waals surface area contributed by atoms with Gasteiger partial charge >= 0.3 is 0 Å². The Kier molecular flexibility index (Phi) is 5.51. The summed E-state index contributed by atoms with van der Waals surface area (Å²) in [5.74, 6) is 0. The smallest absolute Gasteiger partial charge is 0.0698 e. The molecule has 0 unspecified atom stereocenters. The first kappa shape index (κ1) is 11.4. The zero-order valence-corrected chi connectivity index (χ0v) is 9.33. The molecule has 1 aromatic heterocycles. The summed E-state index contributed by atoms with van der Waals surface area (Å²) in [6.07, 6.45) is 3.48. The van der Waals surface area contributed by atoms with E-state index in [9.17, 15) is 0 Å². The molecule has 0 saturated heterocycles. The second kappa shape index (κ2) is 6.75. The van der Waals surface area contributed by atoms with Gasteiger partial charge in [0.25, 0.3) is 0 Å². The Morgan fingerprint density at radius 2 is 2.29 bits per heavy atom. The van der Waals surface area contributed by atoms with Crippen molar-refractivity contribution in [1.82, 2.24) is 4.98 Å². The van der Waals surface area contributed by atoms with Crippen LogP contribution in [0.4, 0.5) is 5.69 Å². The molecule has 78 valence electrons. The summed E-state index contributed by atoms with van der Waals surface area (Å²) < 4.78 is 6.03. The number of hydrogen-bond acceptors (Lipinski definition) is 4. The van der Waals surface area contributed by atoms with E-state index in [0.717, 1.165) is 10.2 Å². The number of anilines is 1. The molecule has 0 atom stereocenters. The second-order valence-electron chi connectivity index (χ2n) is 2.65. The van der Waals surface area contributed by atoms with Gasteiger partial charge in [-0.25, -0.2) is 0 Å². The van der Waals surface area contributed by atoms with Crippen LogP contribution in [0.5, 0.6) is 0 Å². The molecule has 0 aliphatic rings. The summed E-state index contributed by atoms with van der Waals surface area (Å²) in [4.78, 5) is 4.01. The Balaban J connectivity index is 2.18. The molecule has 1 heterocycles. The van der Waals surface area contributed by atoms with E-state index < -0.39 is 0 Å². The number of ether oxygens (including phenoxy) is 1. The zero-order chi connectivity index (χ0) is 10.2. The minimum atomic E-state index is 0.0679. The number of aliphatic hydroxyl groups is 1. The van der Waals surface area contributed by atoms with Gasteiger partial charge in [0.1, 0.15) is 0 Å². The van der Waals surface area contributed by atoms with E-state index in [4.69, 9.17) is 9.84 Å². The normalized spacial score (nSPS) is 10.1. The highest BCUT2D eigenvalue weighted by Crippen LogP contribution is 2.12. The van der Waals surface area contributed by atoms with E-state index in [-0.39, 0.29) is 6.61 Å². The molecule has 0 aromatic carbocycles. The first-order valence-electron chi connectivity index (χ1n) is 4.36. The van der Waals surface area contributed by atoms with Gasteiger partial charge in [-0.15, -0.1) is 0 Å². The molecular weight excluding hydrogens is 248 g/mol. The summed E-state index contributed by atoms with van der Waals surface area (Å²) in [5, 5.41) is 11.6. The van der Waals surface area contributed by atoms with Crippen molar-refractivity contribution >= 4 is 21.6 Å². The maximum atomic E-state index is 8.46. The van der Waals surface area contributed by atoms with E-state index in [1.54, 1.807) is 12.4 Å². The monoisotopic (exact) mass is 260 g/mol. The number of rotatable bonds is 6. The van der Waals surface area contributed by atoms with Crippen molar-refractivity contribution in [2.24, 2.45) is 0 Å². The van der Waals surface area contributed by atoms with Crippen molar-refractivity contribution in [2.75, 3.05) is 31.7 Å². The number of pyridine rings is 1. The molecule has 14 heavy (non-hydrogen) atoms. The summed E-state index contributed by atoms with van der Waals surface area (Å²) in [6, 6.07) is 1.94. The van der Waals surface area contributed by atoms with E-state index in [0.29, 0.717) is 19.8 Å². The number of nitrogens with one attached hydrogen (secondary N) is 1. The molecule has 0 amide bonds. The fraction of sp³-hybridized carbons (Fsp3) is 0.444. The lowest BCUT2D eigenvalue weighted by atomic mass is 10.4. The molecule has 1 rings (SSSR count). The molecule has 0 fully saturated rings. The summed E-state index contributed by atoms with van der Waals surface area (Å²) >= 11 is 3.33. The third kappa shape index (κ3) is 4.55. The average Bonchev–Trinajstić information content (AvgIpc) is 2.18. The number of halogens is 1. The Morgan fingerprint density at radius 1 is 1.43 bits per heavy atom. The van der Waals surface area contributed by atoms with Crippen LogP contribution in [-0.2, 0) is 4.74 Å². The summed E-state index contributed by atoms with van der Waals surface area (Å²) in [5.41, 5.74) is 0.951. The molecule has 0 bridgehead atoms. The predicted octanol–water partition coefficient (Wildman–Crippen LogP) is 1.26. The molecule has 2 N–H and O–H groups in total. The molecule has 5 heteroatoms. The van der Waals surface area contributed by atoms with Gasteiger partial charge in [0.15, 0.2) is 0 Å². The second-order valence-corrected chi connectivity index (χ2v) is 3.57. The molecule has 0 spiro atoms. The van der Waals surface area contributed by atoms with E-state index in [1.165, 1.54) is 0 Å². The third-order valence-corrected chi connectivity index (χ3v) is 1.95. The first-order chi connectivity index (χ1) is 6.83. The minimum absolute atomic E-state index is 0.0679. The standard InChI is InChI=1S/C9H13BrN2O2/c10-8-5-9(7-11-6-8)12-1-3-14-4-2-13/h5-7,12-13H,1-4H2. The van der Waals surface area contributed by atoms with Crippen molar-refractivity contribution < 1.29 is 9.84 Å². The third-order valence-electron chi connectivity index (χ3n) is 1.52. The largest absolute Gasteiger partial charge is 0.394 e. The lowest BCUT2D eigenvalue weighted by molar-refractivity contribution is 0.0992. The van der Waals surface area contributed by atoms with Crippen molar-refractivity contribution in [2.45, 2.75) is 0 Å². The number of aliphatic hydroxyl groups excluding tert-OH is 1. The van der Waals surface area contributed by atoms with Crippen LogP contribution in [0.3, 0.4) is 0 Å². The summed E-state index contributed by atoms with van der Waals surface area (Å²) in [7, 11) is 0. The van der Waals surface area contributed by atoms with Crippen LogP contribution in [0.15, 0.2) is 22.9 Å². The van der Waals surface area contributed by atoms with Gasteiger partial charge < -0.3 is 15.2 Å². The van der Waals surface area contributed by atoms with E-state index in [2.05, 4.69) is 26.2 Å². The Labute approximate surface area is 91.4 Å². The molecule has 4 nitrogen and oxygen atoms in total. The Bertz CT molecular complexity index is 271. The van der Waals surface area contributed by atoms with Gasteiger partial charge in [0.05, 0.1) is 31.7 Å². The average molecular weight is 261 g/mol. The van der Waals surface area contributed by atoms with E-state index in [1.807, 2.05) is 6.07 Å². The summed E-state index contributed by atoms with van der Waals surface area (Å²) in [6.45, 7) is 1.74. The van der Waals surface area contributed by atoms with Gasteiger partial charge in [-0.3, -0.25) is 4.98 Å². The topological polar surface area (TPSA) is 54.4 Å². The van der Waals surface area contributed by atoms with Crippen molar-refractivity contribution in [3.63, 3.8) is 0 Å². The van der Waals surface area contributed by atoms with Crippen molar-refractivity contribution in [3.8, 4) is 0 Å². The van der Waals surface area contributed by atoms with Crippen LogP contribution < -0.4 is 5.32 Å². The molecule has 0 aliphatic heterocycles. The molecule has 1 aromatic rings. The van der Waals surface area contributed by atoms with Gasteiger partial charge in [-0.2, -0.15) is 0 Å². The Hall–Kier alpha value is -0.650. The molecular formula is C9H13BrN2O2. The maximum Gasteiger partial charge on any atom is 0.0698 e. The maximum absolute atomic E-state index is 8.46. The zero-order valence-electron chi connectivity index (χ0n) is 7.74. The lowest BCUT2D eigenvalue weighted by Crippen LogP contribution is -2.11. The molecule has 0 saturated carbocycles. The number of aromatic nitrogens is 1. The molecule has 0 aliphatic carbocycles. The van der Waals surface area contributed by atoms with Crippen molar-refractivity contribution in [3.05, 3.63) is 22.9 Å². The highest BCUT2D eigenvalue weighted by Gasteiger charge is 1.93.